The molecule has 2 aromatic rings. The fourth-order valence-electron chi connectivity index (χ4n) is 3.30. The third kappa shape index (κ3) is 5.09. The summed E-state index contributed by atoms with van der Waals surface area (Å²) < 4.78 is 0. The minimum absolute atomic E-state index is 0.0222. The summed E-state index contributed by atoms with van der Waals surface area (Å²) in [5.41, 5.74) is 3.36. The number of ketones is 1. The molecule has 142 valence electrons. The van der Waals surface area contributed by atoms with Crippen LogP contribution in [0.5, 0.6) is 0 Å². The number of hydrogen-bond acceptors (Lipinski definition) is 4. The van der Waals surface area contributed by atoms with Gasteiger partial charge in [0.25, 0.3) is 0 Å². The van der Waals surface area contributed by atoms with Gasteiger partial charge in [-0.1, -0.05) is 12.1 Å². The maximum Gasteiger partial charge on any atom is 0.246 e. The summed E-state index contributed by atoms with van der Waals surface area (Å²) in [6.07, 6.45) is 3.82. The molecule has 1 amide bonds. The Balaban J connectivity index is 1.57. The highest BCUT2D eigenvalue weighted by molar-refractivity contribution is 5.99. The van der Waals surface area contributed by atoms with Crippen molar-refractivity contribution in [2.24, 2.45) is 0 Å². The smallest absolute Gasteiger partial charge is 0.246 e. The van der Waals surface area contributed by atoms with Crippen LogP contribution < -0.4 is 15.5 Å². The molecule has 1 fully saturated rings. The molecule has 27 heavy (non-hydrogen) atoms. The van der Waals surface area contributed by atoms with Crippen molar-refractivity contribution in [3.63, 3.8) is 0 Å². The molecule has 3 rings (SSSR count). The van der Waals surface area contributed by atoms with E-state index in [-0.39, 0.29) is 11.7 Å². The third-order valence-corrected chi connectivity index (χ3v) is 4.90. The molecule has 2 N–H and O–H groups in total. The van der Waals surface area contributed by atoms with E-state index in [2.05, 4.69) is 27.7 Å². The predicted molar refractivity (Wildman–Crippen MR) is 111 cm³/mol. The van der Waals surface area contributed by atoms with Crippen molar-refractivity contribution in [3.05, 3.63) is 54.1 Å². The van der Waals surface area contributed by atoms with E-state index in [0.717, 1.165) is 18.8 Å². The summed E-state index contributed by atoms with van der Waals surface area (Å²) in [6, 6.07) is 14.8. The van der Waals surface area contributed by atoms with E-state index < -0.39 is 6.04 Å². The van der Waals surface area contributed by atoms with Crippen molar-refractivity contribution in [1.82, 2.24) is 0 Å². The maximum absolute atomic E-state index is 12.4. The minimum atomic E-state index is -0.396. The van der Waals surface area contributed by atoms with Crippen LogP contribution in [0.1, 0.15) is 43.5 Å². The number of rotatable bonds is 6. The number of nitrogens with zero attached hydrogens (tertiary/aromatic N) is 1. The second-order valence-electron chi connectivity index (χ2n) is 7.09. The molecule has 1 aliphatic rings. The molecule has 1 unspecified atom stereocenters. The lowest BCUT2D eigenvalue weighted by Gasteiger charge is -2.29. The normalized spacial score (nSPS) is 15.1. The first-order chi connectivity index (χ1) is 13.0. The highest BCUT2D eigenvalue weighted by Gasteiger charge is 2.14. The summed E-state index contributed by atoms with van der Waals surface area (Å²) in [4.78, 5) is 26.3. The van der Waals surface area contributed by atoms with Crippen molar-refractivity contribution in [1.29, 1.82) is 0 Å². The first-order valence-corrected chi connectivity index (χ1v) is 9.56. The Bertz CT molecular complexity index is 795. The molecule has 5 nitrogen and oxygen atoms in total. The van der Waals surface area contributed by atoms with E-state index in [9.17, 15) is 9.59 Å². The predicted octanol–water partition coefficient (Wildman–Crippen LogP) is 4.32. The molecule has 0 bridgehead atoms. The number of amides is 1. The van der Waals surface area contributed by atoms with Gasteiger partial charge in [-0.2, -0.15) is 0 Å². The standard InChI is InChI=1S/C22H27N3O2/c1-16(22(27)24-20-8-6-7-18(15-20)17(2)26)23-19-9-11-21(12-10-19)25-13-4-3-5-14-25/h6-12,15-16,23H,3-5,13-14H2,1-2H3,(H,24,27). The van der Waals surface area contributed by atoms with Gasteiger partial charge in [-0.3, -0.25) is 9.59 Å². The van der Waals surface area contributed by atoms with Gasteiger partial charge in [0.15, 0.2) is 5.78 Å². The largest absolute Gasteiger partial charge is 0.374 e. The maximum atomic E-state index is 12.4. The van der Waals surface area contributed by atoms with Gasteiger partial charge in [0, 0.05) is 35.7 Å². The lowest BCUT2D eigenvalue weighted by Crippen LogP contribution is -2.32. The lowest BCUT2D eigenvalue weighted by atomic mass is 10.1. The van der Waals surface area contributed by atoms with Crippen LogP contribution in [0.3, 0.4) is 0 Å². The van der Waals surface area contributed by atoms with E-state index in [1.54, 1.807) is 24.3 Å². The Morgan fingerprint density at radius 3 is 2.33 bits per heavy atom. The quantitative estimate of drug-likeness (QED) is 0.749. The molecule has 5 heteroatoms. The number of piperidine rings is 1. The van der Waals surface area contributed by atoms with Crippen molar-refractivity contribution in [2.45, 2.75) is 39.2 Å². The third-order valence-electron chi connectivity index (χ3n) is 4.90. The average Bonchev–Trinajstić information content (AvgIpc) is 2.69. The number of carbonyl (C=O) groups excluding carboxylic acids is 2. The molecule has 1 heterocycles. The summed E-state index contributed by atoms with van der Waals surface area (Å²) in [5, 5.41) is 6.09. The SMILES string of the molecule is CC(=O)c1cccc(NC(=O)C(C)Nc2ccc(N3CCCCC3)cc2)c1. The van der Waals surface area contributed by atoms with Crippen LogP contribution in [-0.2, 0) is 4.79 Å². The first-order valence-electron chi connectivity index (χ1n) is 9.56. The molecule has 0 aromatic heterocycles. The Hall–Kier alpha value is -2.82. The Morgan fingerprint density at radius 1 is 0.963 bits per heavy atom. The Morgan fingerprint density at radius 2 is 1.67 bits per heavy atom. The summed E-state index contributed by atoms with van der Waals surface area (Å²) in [6.45, 7) is 5.57. The van der Waals surface area contributed by atoms with E-state index >= 15 is 0 Å². The summed E-state index contributed by atoms with van der Waals surface area (Å²) in [5.74, 6) is -0.165. The van der Waals surface area contributed by atoms with Crippen LogP contribution in [0.25, 0.3) is 0 Å². The fraction of sp³-hybridized carbons (Fsp3) is 0.364. The van der Waals surface area contributed by atoms with Gasteiger partial charge in [-0.25, -0.2) is 0 Å². The van der Waals surface area contributed by atoms with Gasteiger partial charge in [0.2, 0.25) is 5.91 Å². The van der Waals surface area contributed by atoms with Crippen LogP contribution in [0.4, 0.5) is 17.1 Å². The van der Waals surface area contributed by atoms with Crippen LogP contribution in [0.2, 0.25) is 0 Å². The van der Waals surface area contributed by atoms with Crippen LogP contribution in [0, 0.1) is 0 Å². The van der Waals surface area contributed by atoms with Crippen molar-refractivity contribution < 1.29 is 9.59 Å². The highest BCUT2D eigenvalue weighted by atomic mass is 16.2. The second-order valence-corrected chi connectivity index (χ2v) is 7.09. The van der Waals surface area contributed by atoms with Gasteiger partial charge in [-0.05, 0) is 69.5 Å². The number of Topliss-reactive ketones (excluding diaryl/α,β-unsaturated/α-hetero) is 1. The zero-order chi connectivity index (χ0) is 19.2. The van der Waals surface area contributed by atoms with Gasteiger partial charge in [0.1, 0.15) is 6.04 Å². The monoisotopic (exact) mass is 365 g/mol. The second kappa shape index (κ2) is 8.71. The van der Waals surface area contributed by atoms with E-state index in [1.807, 2.05) is 19.1 Å². The van der Waals surface area contributed by atoms with Crippen LogP contribution in [-0.4, -0.2) is 30.8 Å². The molecule has 0 aliphatic carbocycles. The molecule has 2 aromatic carbocycles. The molecule has 0 saturated carbocycles. The van der Waals surface area contributed by atoms with Crippen molar-refractivity contribution >= 4 is 28.8 Å². The zero-order valence-electron chi connectivity index (χ0n) is 16.0. The lowest BCUT2D eigenvalue weighted by molar-refractivity contribution is -0.116. The van der Waals surface area contributed by atoms with E-state index in [0.29, 0.717) is 11.3 Å². The van der Waals surface area contributed by atoms with Gasteiger partial charge in [-0.15, -0.1) is 0 Å². The number of carbonyl (C=O) groups is 2. The van der Waals surface area contributed by atoms with Crippen LogP contribution in [0.15, 0.2) is 48.5 Å². The summed E-state index contributed by atoms with van der Waals surface area (Å²) >= 11 is 0. The fourth-order valence-corrected chi connectivity index (χ4v) is 3.30. The first kappa shape index (κ1) is 19.0. The molecule has 0 spiro atoms. The number of benzene rings is 2. The Kier molecular flexibility index (Phi) is 6.12. The number of nitrogens with one attached hydrogen (secondary N) is 2. The topological polar surface area (TPSA) is 61.4 Å². The van der Waals surface area contributed by atoms with Crippen LogP contribution >= 0.6 is 0 Å². The minimum Gasteiger partial charge on any atom is -0.374 e. The number of hydrogen-bond donors (Lipinski definition) is 2. The molecular weight excluding hydrogens is 338 g/mol. The van der Waals surface area contributed by atoms with E-state index in [1.165, 1.54) is 31.9 Å². The molecule has 1 saturated heterocycles. The van der Waals surface area contributed by atoms with E-state index in [4.69, 9.17) is 0 Å². The molecule has 1 atom stereocenters. The molecule has 0 radical (unpaired) electrons. The van der Waals surface area contributed by atoms with Crippen molar-refractivity contribution in [3.8, 4) is 0 Å². The average molecular weight is 365 g/mol. The van der Waals surface area contributed by atoms with Gasteiger partial charge in [0.05, 0.1) is 0 Å². The summed E-state index contributed by atoms with van der Waals surface area (Å²) in [7, 11) is 0. The highest BCUT2D eigenvalue weighted by Crippen LogP contribution is 2.22. The van der Waals surface area contributed by atoms with Gasteiger partial charge >= 0.3 is 0 Å². The van der Waals surface area contributed by atoms with Gasteiger partial charge < -0.3 is 15.5 Å². The number of anilines is 3. The Labute approximate surface area is 160 Å². The zero-order valence-corrected chi connectivity index (χ0v) is 16.0. The molecule has 1 aliphatic heterocycles. The van der Waals surface area contributed by atoms with Crippen molar-refractivity contribution in [2.75, 3.05) is 28.6 Å². The molecular formula is C22H27N3O2.